The van der Waals surface area contributed by atoms with Crippen LogP contribution in [0, 0.1) is 5.82 Å². The summed E-state index contributed by atoms with van der Waals surface area (Å²) < 4.78 is 25.7. The molecule has 3 aromatic rings. The average molecular weight is 461 g/mol. The summed E-state index contributed by atoms with van der Waals surface area (Å²) in [5, 5.41) is 2.96. The molecule has 0 radical (unpaired) electrons. The van der Waals surface area contributed by atoms with Crippen molar-refractivity contribution in [1.82, 2.24) is 10.3 Å². The third-order valence-corrected chi connectivity index (χ3v) is 6.71. The number of allylic oxidation sites excluding steroid dienone is 2. The van der Waals surface area contributed by atoms with Crippen LogP contribution < -0.4 is 5.32 Å². The van der Waals surface area contributed by atoms with E-state index in [-0.39, 0.29) is 18.1 Å². The van der Waals surface area contributed by atoms with Gasteiger partial charge in [0.15, 0.2) is 0 Å². The molecule has 2 aromatic carbocycles. The molecule has 1 heterocycles. The van der Waals surface area contributed by atoms with Crippen LogP contribution in [-0.4, -0.2) is 27.9 Å². The number of amides is 1. The molecule has 0 bridgehead atoms. The van der Waals surface area contributed by atoms with Crippen molar-refractivity contribution in [2.75, 3.05) is 12.8 Å². The number of pyridine rings is 1. The highest BCUT2D eigenvalue weighted by atomic mass is 32.2. The Labute approximate surface area is 195 Å². The molecule has 4 rings (SSSR count). The molecule has 1 amide bonds. The molecule has 168 valence electrons. The van der Waals surface area contributed by atoms with Crippen LogP contribution >= 0.6 is 0 Å². The number of carbonyl (C=O) groups is 1. The maximum Gasteiger partial charge on any atom is 0.224 e. The quantitative estimate of drug-likeness (QED) is 0.538. The number of halogens is 1. The largest absolute Gasteiger partial charge is 0.355 e. The lowest BCUT2D eigenvalue weighted by Gasteiger charge is -2.08. The van der Waals surface area contributed by atoms with Crippen LogP contribution in [0.25, 0.3) is 17.2 Å². The monoisotopic (exact) mass is 460 g/mol. The fourth-order valence-corrected chi connectivity index (χ4v) is 4.54. The molecule has 1 atom stereocenters. The SMILES string of the molecule is CC1=C(CC(=O)NCCc2cccnc2)c2cc(F)ccc2C1=Cc1ccc(S(C)=O)cc1. The molecule has 1 aromatic heterocycles. The summed E-state index contributed by atoms with van der Waals surface area (Å²) >= 11 is 0. The van der Waals surface area contributed by atoms with E-state index in [1.54, 1.807) is 24.7 Å². The number of nitrogens with one attached hydrogen (secondary N) is 1. The van der Waals surface area contributed by atoms with Crippen molar-refractivity contribution in [2.24, 2.45) is 0 Å². The molecule has 1 unspecified atom stereocenters. The second-order valence-corrected chi connectivity index (χ2v) is 9.39. The van der Waals surface area contributed by atoms with E-state index in [9.17, 15) is 13.4 Å². The van der Waals surface area contributed by atoms with Gasteiger partial charge >= 0.3 is 0 Å². The Bertz CT molecular complexity index is 1270. The van der Waals surface area contributed by atoms with Crippen molar-refractivity contribution in [3.8, 4) is 0 Å². The molecule has 1 N–H and O–H groups in total. The van der Waals surface area contributed by atoms with Crippen molar-refractivity contribution in [3.05, 3.63) is 101 Å². The highest BCUT2D eigenvalue weighted by molar-refractivity contribution is 7.84. The number of nitrogens with zero attached hydrogens (tertiary/aromatic N) is 1. The Kier molecular flexibility index (Phi) is 6.94. The molecule has 6 heteroatoms. The van der Waals surface area contributed by atoms with Gasteiger partial charge in [0.05, 0.1) is 6.42 Å². The number of hydrogen-bond acceptors (Lipinski definition) is 3. The van der Waals surface area contributed by atoms with Gasteiger partial charge in [-0.1, -0.05) is 24.3 Å². The summed E-state index contributed by atoms with van der Waals surface area (Å²) in [6.45, 7) is 2.48. The van der Waals surface area contributed by atoms with Gasteiger partial charge in [0.25, 0.3) is 0 Å². The predicted molar refractivity (Wildman–Crippen MR) is 131 cm³/mol. The van der Waals surface area contributed by atoms with Gasteiger partial charge in [0, 0.05) is 40.9 Å². The molecular weight excluding hydrogens is 435 g/mol. The van der Waals surface area contributed by atoms with Crippen LogP contribution in [0.2, 0.25) is 0 Å². The van der Waals surface area contributed by atoms with E-state index in [0.717, 1.165) is 43.9 Å². The van der Waals surface area contributed by atoms with E-state index < -0.39 is 10.8 Å². The highest BCUT2D eigenvalue weighted by Crippen LogP contribution is 2.43. The molecule has 0 saturated carbocycles. The van der Waals surface area contributed by atoms with Gasteiger partial charge in [-0.15, -0.1) is 0 Å². The molecule has 1 aliphatic rings. The summed E-state index contributed by atoms with van der Waals surface area (Å²) in [6, 6.07) is 16.1. The second kappa shape index (κ2) is 10.0. The Balaban J connectivity index is 1.56. The van der Waals surface area contributed by atoms with E-state index in [0.29, 0.717) is 13.0 Å². The minimum Gasteiger partial charge on any atom is -0.355 e. The Morgan fingerprint density at radius 1 is 1.12 bits per heavy atom. The Morgan fingerprint density at radius 2 is 1.91 bits per heavy atom. The normalized spacial score (nSPS) is 14.9. The summed E-state index contributed by atoms with van der Waals surface area (Å²) in [5.41, 5.74) is 6.44. The van der Waals surface area contributed by atoms with Crippen LogP contribution in [0.4, 0.5) is 4.39 Å². The number of fused-ring (bicyclic) bond motifs is 1. The van der Waals surface area contributed by atoms with Crippen LogP contribution in [0.15, 0.2) is 77.5 Å². The van der Waals surface area contributed by atoms with Crippen LogP contribution in [0.1, 0.15) is 35.6 Å². The molecule has 0 spiro atoms. The van der Waals surface area contributed by atoms with E-state index in [4.69, 9.17) is 0 Å². The number of rotatable bonds is 7. The predicted octanol–water partition coefficient (Wildman–Crippen LogP) is 5.03. The fraction of sp³-hybridized carbons (Fsp3) is 0.185. The number of aromatic nitrogens is 1. The first-order valence-electron chi connectivity index (χ1n) is 10.7. The topological polar surface area (TPSA) is 59.1 Å². The smallest absolute Gasteiger partial charge is 0.224 e. The van der Waals surface area contributed by atoms with Crippen molar-refractivity contribution < 1.29 is 13.4 Å². The van der Waals surface area contributed by atoms with Crippen molar-refractivity contribution in [3.63, 3.8) is 0 Å². The van der Waals surface area contributed by atoms with E-state index in [2.05, 4.69) is 10.3 Å². The molecule has 0 fully saturated rings. The van der Waals surface area contributed by atoms with Crippen LogP contribution in [-0.2, 0) is 22.0 Å². The zero-order valence-electron chi connectivity index (χ0n) is 18.6. The lowest BCUT2D eigenvalue weighted by atomic mass is 10.0. The van der Waals surface area contributed by atoms with Gasteiger partial charge in [0.1, 0.15) is 5.82 Å². The Hall–Kier alpha value is -3.38. The average Bonchev–Trinajstić information content (AvgIpc) is 3.05. The third-order valence-electron chi connectivity index (χ3n) is 5.77. The molecule has 1 aliphatic carbocycles. The molecule has 4 nitrogen and oxygen atoms in total. The maximum atomic E-state index is 14.1. The van der Waals surface area contributed by atoms with E-state index in [1.165, 1.54) is 12.1 Å². The number of hydrogen-bond donors (Lipinski definition) is 1. The minimum absolute atomic E-state index is 0.0977. The van der Waals surface area contributed by atoms with Gasteiger partial charge in [-0.25, -0.2) is 4.39 Å². The van der Waals surface area contributed by atoms with Gasteiger partial charge in [0.2, 0.25) is 5.91 Å². The zero-order chi connectivity index (χ0) is 23.4. The van der Waals surface area contributed by atoms with Gasteiger partial charge in [-0.2, -0.15) is 0 Å². The lowest BCUT2D eigenvalue weighted by Crippen LogP contribution is -2.25. The summed E-state index contributed by atoms with van der Waals surface area (Å²) in [4.78, 5) is 17.5. The molecular formula is C27H25FN2O2S. The zero-order valence-corrected chi connectivity index (χ0v) is 19.4. The number of carbonyl (C=O) groups excluding carboxylic acids is 1. The molecule has 0 saturated heterocycles. The first kappa shape index (κ1) is 22.8. The summed E-state index contributed by atoms with van der Waals surface area (Å²) in [7, 11) is -1.03. The maximum absolute atomic E-state index is 14.1. The van der Waals surface area contributed by atoms with Crippen LogP contribution in [0.5, 0.6) is 0 Å². The van der Waals surface area contributed by atoms with E-state index in [1.807, 2.05) is 49.4 Å². The van der Waals surface area contributed by atoms with Crippen molar-refractivity contribution >= 4 is 33.9 Å². The second-order valence-electron chi connectivity index (χ2n) is 8.01. The van der Waals surface area contributed by atoms with Gasteiger partial charge in [-0.05, 0) is 88.7 Å². The number of benzene rings is 2. The molecule has 33 heavy (non-hydrogen) atoms. The first-order chi connectivity index (χ1) is 15.9. The lowest BCUT2D eigenvalue weighted by molar-refractivity contribution is -0.120. The summed E-state index contributed by atoms with van der Waals surface area (Å²) in [6.07, 6.45) is 8.07. The van der Waals surface area contributed by atoms with Gasteiger partial charge < -0.3 is 5.32 Å². The van der Waals surface area contributed by atoms with Crippen molar-refractivity contribution in [1.29, 1.82) is 0 Å². The molecule has 0 aliphatic heterocycles. The highest BCUT2D eigenvalue weighted by Gasteiger charge is 2.25. The Morgan fingerprint density at radius 3 is 2.61 bits per heavy atom. The fourth-order valence-electron chi connectivity index (χ4n) is 4.02. The third kappa shape index (κ3) is 5.34. The first-order valence-corrected chi connectivity index (χ1v) is 12.3. The van der Waals surface area contributed by atoms with Gasteiger partial charge in [-0.3, -0.25) is 14.0 Å². The van der Waals surface area contributed by atoms with E-state index >= 15 is 0 Å². The minimum atomic E-state index is -1.03. The van der Waals surface area contributed by atoms with Crippen molar-refractivity contribution in [2.45, 2.75) is 24.7 Å². The summed E-state index contributed by atoms with van der Waals surface area (Å²) in [5.74, 6) is -0.424. The standard InChI is InChI=1S/C27H25FN2O2S/c1-18-24(14-19-5-8-22(9-6-19)33(2)32)23-10-7-21(28)15-26(23)25(18)16-27(31)30-13-11-20-4-3-12-29-17-20/h3-10,12,14-15,17H,11,13,16H2,1-2H3,(H,30,31). The van der Waals surface area contributed by atoms with Crippen LogP contribution in [0.3, 0.4) is 0 Å².